The Morgan fingerprint density at radius 1 is 1.11 bits per heavy atom. The third kappa shape index (κ3) is 3.07. The van der Waals surface area contributed by atoms with Crippen molar-refractivity contribution in [2.24, 2.45) is 0 Å². The first-order chi connectivity index (χ1) is 13.7. The van der Waals surface area contributed by atoms with E-state index in [4.69, 9.17) is 5.73 Å². The number of para-hydroxylation sites is 1. The van der Waals surface area contributed by atoms with Gasteiger partial charge in [-0.3, -0.25) is 4.79 Å². The summed E-state index contributed by atoms with van der Waals surface area (Å²) in [7, 11) is 0. The zero-order valence-electron chi connectivity index (χ0n) is 15.8. The highest BCUT2D eigenvalue weighted by Gasteiger charge is 2.33. The number of fused-ring (bicyclic) bond motifs is 1. The van der Waals surface area contributed by atoms with Crippen LogP contribution in [0.5, 0.6) is 0 Å². The van der Waals surface area contributed by atoms with Gasteiger partial charge in [-0.2, -0.15) is 5.10 Å². The number of nitrogens with zero attached hydrogens (tertiary/aromatic N) is 2. The molecule has 1 aromatic heterocycles. The summed E-state index contributed by atoms with van der Waals surface area (Å²) in [6.45, 7) is 0. The summed E-state index contributed by atoms with van der Waals surface area (Å²) in [5, 5.41) is 7.82. The first-order valence-corrected chi connectivity index (χ1v) is 10.0. The Labute approximate surface area is 164 Å². The van der Waals surface area contributed by atoms with Crippen LogP contribution in [0.3, 0.4) is 0 Å². The minimum Gasteiger partial charge on any atom is -0.399 e. The molecule has 3 N–H and O–H groups in total. The van der Waals surface area contributed by atoms with Gasteiger partial charge in [-0.15, -0.1) is 0 Å². The lowest BCUT2D eigenvalue weighted by atomic mass is 9.87. The fourth-order valence-corrected chi connectivity index (χ4v) is 4.28. The van der Waals surface area contributed by atoms with Crippen LogP contribution >= 0.6 is 0 Å². The number of carbonyl (C=O) groups is 1. The summed E-state index contributed by atoms with van der Waals surface area (Å²) < 4.78 is 1.93. The number of nitrogens with one attached hydrogen (secondary N) is 1. The summed E-state index contributed by atoms with van der Waals surface area (Å²) in [4.78, 5) is 13.2. The summed E-state index contributed by atoms with van der Waals surface area (Å²) in [6.07, 6.45) is 6.98. The van der Waals surface area contributed by atoms with E-state index in [2.05, 4.69) is 16.5 Å². The van der Waals surface area contributed by atoms with E-state index in [0.717, 1.165) is 49.2 Å². The molecular formula is C23H24N4O. The van der Waals surface area contributed by atoms with Crippen molar-refractivity contribution in [3.05, 3.63) is 77.1 Å². The maximum Gasteiger partial charge on any atom is 0.255 e. The third-order valence-corrected chi connectivity index (χ3v) is 5.80. The predicted octanol–water partition coefficient (Wildman–Crippen LogP) is 4.14. The molecule has 0 saturated heterocycles. The van der Waals surface area contributed by atoms with Gasteiger partial charge >= 0.3 is 0 Å². The van der Waals surface area contributed by atoms with Crippen molar-refractivity contribution >= 4 is 11.6 Å². The summed E-state index contributed by atoms with van der Waals surface area (Å²) in [6, 6.07) is 16.1. The van der Waals surface area contributed by atoms with Crippen molar-refractivity contribution in [1.82, 2.24) is 15.1 Å². The summed E-state index contributed by atoms with van der Waals surface area (Å²) in [5.41, 5.74) is 11.9. The molecule has 2 aromatic carbocycles. The minimum absolute atomic E-state index is 0.0289. The van der Waals surface area contributed by atoms with Crippen molar-refractivity contribution in [3.8, 4) is 5.69 Å². The van der Waals surface area contributed by atoms with Gasteiger partial charge in [0.1, 0.15) is 0 Å². The predicted molar refractivity (Wildman–Crippen MR) is 110 cm³/mol. The van der Waals surface area contributed by atoms with E-state index in [1.165, 1.54) is 11.1 Å². The number of benzene rings is 2. The second kappa shape index (κ2) is 6.82. The molecule has 5 nitrogen and oxygen atoms in total. The van der Waals surface area contributed by atoms with Crippen molar-refractivity contribution in [2.45, 2.75) is 44.1 Å². The second-order valence-corrected chi connectivity index (χ2v) is 7.84. The van der Waals surface area contributed by atoms with Crippen LogP contribution in [0.1, 0.15) is 64.8 Å². The monoisotopic (exact) mass is 372 g/mol. The SMILES string of the molecule is Nc1ccc2c(c1)CCCC2NC(=O)c1cnn(-c2ccccc2)c1C1CC1. The van der Waals surface area contributed by atoms with Gasteiger partial charge in [0.2, 0.25) is 0 Å². The molecule has 1 atom stereocenters. The normalized spacial score (nSPS) is 18.5. The number of nitrogen functional groups attached to an aromatic ring is 1. The highest BCUT2D eigenvalue weighted by Crippen LogP contribution is 2.42. The molecule has 3 aromatic rings. The van der Waals surface area contributed by atoms with E-state index in [1.54, 1.807) is 6.20 Å². The lowest BCUT2D eigenvalue weighted by molar-refractivity contribution is 0.0931. The van der Waals surface area contributed by atoms with Crippen molar-refractivity contribution in [2.75, 3.05) is 5.73 Å². The van der Waals surface area contributed by atoms with Crippen LogP contribution in [-0.2, 0) is 6.42 Å². The van der Waals surface area contributed by atoms with Gasteiger partial charge < -0.3 is 11.1 Å². The number of aromatic nitrogens is 2. The maximum absolute atomic E-state index is 13.2. The Balaban J connectivity index is 1.45. The molecule has 1 fully saturated rings. The van der Waals surface area contributed by atoms with Gasteiger partial charge in [0, 0.05) is 11.6 Å². The Hall–Kier alpha value is -3.08. The van der Waals surface area contributed by atoms with Gasteiger partial charge in [-0.05, 0) is 67.5 Å². The van der Waals surface area contributed by atoms with Crippen LogP contribution in [0, 0.1) is 0 Å². The minimum atomic E-state index is -0.0289. The van der Waals surface area contributed by atoms with Crippen LogP contribution in [0.2, 0.25) is 0 Å². The zero-order valence-corrected chi connectivity index (χ0v) is 15.8. The Morgan fingerprint density at radius 3 is 2.71 bits per heavy atom. The fourth-order valence-electron chi connectivity index (χ4n) is 4.28. The molecule has 1 heterocycles. The summed E-state index contributed by atoms with van der Waals surface area (Å²) in [5.74, 6) is 0.389. The van der Waals surface area contributed by atoms with Crippen LogP contribution in [0.25, 0.3) is 5.69 Å². The van der Waals surface area contributed by atoms with E-state index < -0.39 is 0 Å². The quantitative estimate of drug-likeness (QED) is 0.676. The number of rotatable bonds is 4. The Morgan fingerprint density at radius 2 is 1.93 bits per heavy atom. The molecule has 5 heteroatoms. The first-order valence-electron chi connectivity index (χ1n) is 10.0. The standard InChI is InChI=1S/C23H24N4O/c24-17-11-12-19-16(13-17)5-4-8-21(19)26-23(28)20-14-25-27(22(20)15-9-10-15)18-6-2-1-3-7-18/h1-3,6-7,11-15,21H,4-5,8-10,24H2,(H,26,28). The van der Waals surface area contributed by atoms with E-state index >= 15 is 0 Å². The van der Waals surface area contributed by atoms with Crippen LogP contribution in [-0.4, -0.2) is 15.7 Å². The number of anilines is 1. The average Bonchev–Trinajstić information content (AvgIpc) is 3.46. The van der Waals surface area contributed by atoms with Crippen molar-refractivity contribution in [1.29, 1.82) is 0 Å². The van der Waals surface area contributed by atoms with Gasteiger partial charge in [0.15, 0.2) is 0 Å². The molecule has 5 rings (SSSR count). The fraction of sp³-hybridized carbons (Fsp3) is 0.304. The number of amides is 1. The number of hydrogen-bond acceptors (Lipinski definition) is 3. The van der Waals surface area contributed by atoms with Gasteiger partial charge in [-0.25, -0.2) is 4.68 Å². The molecule has 1 saturated carbocycles. The second-order valence-electron chi connectivity index (χ2n) is 7.84. The van der Waals surface area contributed by atoms with Gasteiger partial charge in [0.05, 0.1) is 29.2 Å². The van der Waals surface area contributed by atoms with Crippen molar-refractivity contribution in [3.63, 3.8) is 0 Å². The Kier molecular flexibility index (Phi) is 4.15. The number of hydrogen-bond donors (Lipinski definition) is 2. The highest BCUT2D eigenvalue weighted by molar-refractivity contribution is 5.96. The first kappa shape index (κ1) is 17.0. The molecule has 2 aliphatic rings. The zero-order chi connectivity index (χ0) is 19.1. The molecule has 28 heavy (non-hydrogen) atoms. The highest BCUT2D eigenvalue weighted by atomic mass is 16.1. The van der Waals surface area contributed by atoms with Crippen LogP contribution in [0.15, 0.2) is 54.7 Å². The number of nitrogens with two attached hydrogens (primary N) is 1. The average molecular weight is 372 g/mol. The van der Waals surface area contributed by atoms with Gasteiger partial charge in [-0.1, -0.05) is 24.3 Å². The summed E-state index contributed by atoms with van der Waals surface area (Å²) >= 11 is 0. The third-order valence-electron chi connectivity index (χ3n) is 5.80. The van der Waals surface area contributed by atoms with Crippen LogP contribution < -0.4 is 11.1 Å². The maximum atomic E-state index is 13.2. The smallest absolute Gasteiger partial charge is 0.255 e. The molecule has 1 unspecified atom stereocenters. The molecule has 2 aliphatic carbocycles. The van der Waals surface area contributed by atoms with Crippen molar-refractivity contribution < 1.29 is 4.79 Å². The molecule has 142 valence electrons. The molecule has 0 radical (unpaired) electrons. The molecular weight excluding hydrogens is 348 g/mol. The largest absolute Gasteiger partial charge is 0.399 e. The van der Waals surface area contributed by atoms with E-state index in [1.807, 2.05) is 47.1 Å². The molecule has 0 spiro atoms. The molecule has 1 amide bonds. The molecule has 0 aliphatic heterocycles. The van der Waals surface area contributed by atoms with Gasteiger partial charge in [0.25, 0.3) is 5.91 Å². The molecule has 0 bridgehead atoms. The van der Waals surface area contributed by atoms with Crippen LogP contribution in [0.4, 0.5) is 5.69 Å². The number of aryl methyl sites for hydroxylation is 1. The van der Waals surface area contributed by atoms with E-state index in [-0.39, 0.29) is 11.9 Å². The topological polar surface area (TPSA) is 72.9 Å². The van der Waals surface area contributed by atoms with E-state index in [9.17, 15) is 4.79 Å². The lowest BCUT2D eigenvalue weighted by Crippen LogP contribution is -2.31. The lowest BCUT2D eigenvalue weighted by Gasteiger charge is -2.26. The Bertz CT molecular complexity index is 1020. The number of carbonyl (C=O) groups excluding carboxylic acids is 1. The van der Waals surface area contributed by atoms with E-state index in [0.29, 0.717) is 11.5 Å².